The van der Waals surface area contributed by atoms with E-state index >= 15 is 0 Å². The number of nitrogens with zero attached hydrogens (tertiary/aromatic N) is 4. The van der Waals surface area contributed by atoms with Crippen molar-refractivity contribution in [1.82, 2.24) is 19.7 Å². The third kappa shape index (κ3) is 3.76. The molecule has 4 aromatic rings. The first-order valence-electron chi connectivity index (χ1n) is 11.0. The first kappa shape index (κ1) is 20.3. The number of fused-ring (bicyclic) bond motifs is 2. The number of benzene rings is 2. The lowest BCUT2D eigenvalue weighted by atomic mass is 10.1. The van der Waals surface area contributed by atoms with Crippen molar-refractivity contribution in [3.05, 3.63) is 58.2 Å². The lowest BCUT2D eigenvalue weighted by Crippen LogP contribution is -2.26. The molecule has 0 bridgehead atoms. The molecule has 1 aliphatic heterocycles. The van der Waals surface area contributed by atoms with Crippen molar-refractivity contribution in [3.63, 3.8) is 0 Å². The summed E-state index contributed by atoms with van der Waals surface area (Å²) < 4.78 is 18.3. The highest BCUT2D eigenvalue weighted by atomic mass is 32.2. The summed E-state index contributed by atoms with van der Waals surface area (Å²) in [6, 6.07) is 11.7. The maximum absolute atomic E-state index is 13.5. The molecule has 0 radical (unpaired) electrons. The highest BCUT2D eigenvalue weighted by Crippen LogP contribution is 2.37. The molecule has 168 valence electrons. The SMILES string of the molecule is Cc1ccc(-c2noc(CSc3nc4cc5c(cc4c(=O)n3C3CCCC3)OCO5)n2)cc1. The van der Waals surface area contributed by atoms with Gasteiger partial charge in [0, 0.05) is 17.7 Å². The predicted molar refractivity (Wildman–Crippen MR) is 124 cm³/mol. The van der Waals surface area contributed by atoms with Crippen LogP contribution in [-0.2, 0) is 5.75 Å². The van der Waals surface area contributed by atoms with Crippen LogP contribution in [-0.4, -0.2) is 26.5 Å². The van der Waals surface area contributed by atoms with E-state index in [1.165, 1.54) is 17.3 Å². The largest absolute Gasteiger partial charge is 0.454 e. The number of thioether (sulfide) groups is 1. The second kappa shape index (κ2) is 8.22. The van der Waals surface area contributed by atoms with Gasteiger partial charge in [0.15, 0.2) is 16.7 Å². The summed E-state index contributed by atoms with van der Waals surface area (Å²) >= 11 is 1.44. The number of aromatic nitrogens is 4. The van der Waals surface area contributed by atoms with Gasteiger partial charge in [-0.15, -0.1) is 0 Å². The quantitative estimate of drug-likeness (QED) is 0.306. The summed E-state index contributed by atoms with van der Waals surface area (Å²) in [5, 5.41) is 5.33. The fourth-order valence-electron chi connectivity index (χ4n) is 4.41. The van der Waals surface area contributed by atoms with Gasteiger partial charge in [-0.05, 0) is 25.8 Å². The summed E-state index contributed by atoms with van der Waals surface area (Å²) in [7, 11) is 0. The van der Waals surface area contributed by atoms with Gasteiger partial charge in [-0.2, -0.15) is 4.98 Å². The van der Waals surface area contributed by atoms with Gasteiger partial charge in [0.1, 0.15) is 0 Å². The van der Waals surface area contributed by atoms with E-state index in [2.05, 4.69) is 10.1 Å². The Morgan fingerprint density at radius 3 is 2.61 bits per heavy atom. The average molecular weight is 463 g/mol. The molecule has 0 amide bonds. The average Bonchev–Trinajstić information content (AvgIpc) is 3.59. The molecule has 1 fully saturated rings. The summed E-state index contributed by atoms with van der Waals surface area (Å²) in [6.45, 7) is 2.19. The summed E-state index contributed by atoms with van der Waals surface area (Å²) in [5.74, 6) is 2.68. The molecule has 1 aliphatic carbocycles. The Bertz CT molecular complexity index is 1390. The van der Waals surface area contributed by atoms with E-state index in [9.17, 15) is 4.79 Å². The zero-order valence-corrected chi connectivity index (χ0v) is 18.9. The van der Waals surface area contributed by atoms with E-state index in [4.69, 9.17) is 19.0 Å². The number of hydrogen-bond donors (Lipinski definition) is 0. The minimum absolute atomic E-state index is 0.0430. The summed E-state index contributed by atoms with van der Waals surface area (Å²) in [5.41, 5.74) is 2.64. The van der Waals surface area contributed by atoms with Crippen LogP contribution in [0.25, 0.3) is 22.3 Å². The van der Waals surface area contributed by atoms with Gasteiger partial charge < -0.3 is 14.0 Å². The van der Waals surface area contributed by atoms with E-state index in [-0.39, 0.29) is 18.4 Å². The van der Waals surface area contributed by atoms with Gasteiger partial charge in [-0.3, -0.25) is 9.36 Å². The molecule has 8 nitrogen and oxygen atoms in total. The van der Waals surface area contributed by atoms with Crippen molar-refractivity contribution in [2.75, 3.05) is 6.79 Å². The Hall–Kier alpha value is -3.33. The molecule has 3 heterocycles. The Morgan fingerprint density at radius 1 is 1.06 bits per heavy atom. The third-order valence-corrected chi connectivity index (χ3v) is 7.09. The Kier molecular flexibility index (Phi) is 5.05. The van der Waals surface area contributed by atoms with Crippen LogP contribution in [0.2, 0.25) is 0 Å². The third-order valence-electron chi connectivity index (χ3n) is 6.15. The molecular formula is C24H22N4O4S. The highest BCUT2D eigenvalue weighted by molar-refractivity contribution is 7.98. The Balaban J connectivity index is 1.34. The van der Waals surface area contributed by atoms with Crippen LogP contribution < -0.4 is 15.0 Å². The van der Waals surface area contributed by atoms with E-state index in [0.29, 0.717) is 45.0 Å². The maximum Gasteiger partial charge on any atom is 0.262 e. The number of aryl methyl sites for hydroxylation is 1. The molecule has 2 aliphatic rings. The van der Waals surface area contributed by atoms with Crippen LogP contribution in [0.15, 0.2) is 50.9 Å². The minimum Gasteiger partial charge on any atom is -0.454 e. The maximum atomic E-state index is 13.5. The molecule has 0 N–H and O–H groups in total. The van der Waals surface area contributed by atoms with Crippen LogP contribution >= 0.6 is 11.8 Å². The minimum atomic E-state index is -0.0430. The predicted octanol–water partition coefficient (Wildman–Crippen LogP) is 4.89. The van der Waals surface area contributed by atoms with Gasteiger partial charge in [-0.1, -0.05) is 59.6 Å². The molecule has 0 atom stereocenters. The second-order valence-corrected chi connectivity index (χ2v) is 9.34. The Morgan fingerprint density at radius 2 is 1.82 bits per heavy atom. The monoisotopic (exact) mass is 462 g/mol. The van der Waals surface area contributed by atoms with E-state index in [1.807, 2.05) is 35.8 Å². The number of hydrogen-bond acceptors (Lipinski definition) is 8. The van der Waals surface area contributed by atoms with E-state index in [0.717, 1.165) is 31.2 Å². The van der Waals surface area contributed by atoms with Gasteiger partial charge in [0.2, 0.25) is 18.5 Å². The van der Waals surface area contributed by atoms with Crippen LogP contribution in [0.3, 0.4) is 0 Å². The first-order chi connectivity index (χ1) is 16.2. The second-order valence-electron chi connectivity index (χ2n) is 8.40. The van der Waals surface area contributed by atoms with Crippen molar-refractivity contribution in [2.45, 2.75) is 49.6 Å². The van der Waals surface area contributed by atoms with Gasteiger partial charge in [-0.25, -0.2) is 4.98 Å². The van der Waals surface area contributed by atoms with Crippen LogP contribution in [0.5, 0.6) is 11.5 Å². The highest BCUT2D eigenvalue weighted by Gasteiger charge is 2.25. The lowest BCUT2D eigenvalue weighted by Gasteiger charge is -2.18. The summed E-state index contributed by atoms with van der Waals surface area (Å²) in [6.07, 6.45) is 4.18. The molecular weight excluding hydrogens is 440 g/mol. The first-order valence-corrected chi connectivity index (χ1v) is 12.0. The van der Waals surface area contributed by atoms with E-state index in [1.54, 1.807) is 12.1 Å². The lowest BCUT2D eigenvalue weighted by molar-refractivity contribution is 0.174. The molecule has 33 heavy (non-hydrogen) atoms. The van der Waals surface area contributed by atoms with Gasteiger partial charge in [0.25, 0.3) is 5.56 Å². The van der Waals surface area contributed by atoms with Crippen LogP contribution in [0.1, 0.15) is 43.2 Å². The molecule has 0 saturated heterocycles. The van der Waals surface area contributed by atoms with Crippen molar-refractivity contribution in [1.29, 1.82) is 0 Å². The van der Waals surface area contributed by atoms with Crippen molar-refractivity contribution in [3.8, 4) is 22.9 Å². The van der Waals surface area contributed by atoms with Crippen LogP contribution in [0.4, 0.5) is 0 Å². The van der Waals surface area contributed by atoms with E-state index < -0.39 is 0 Å². The molecule has 2 aromatic carbocycles. The topological polar surface area (TPSA) is 92.3 Å². The normalized spacial score (nSPS) is 15.5. The zero-order valence-electron chi connectivity index (χ0n) is 18.1. The molecule has 0 unspecified atom stereocenters. The van der Waals surface area contributed by atoms with Crippen molar-refractivity contribution >= 4 is 22.7 Å². The molecule has 1 saturated carbocycles. The Labute approximate surface area is 193 Å². The van der Waals surface area contributed by atoms with Gasteiger partial charge in [0.05, 0.1) is 16.7 Å². The number of ether oxygens (including phenoxy) is 2. The fraction of sp³-hybridized carbons (Fsp3) is 0.333. The number of rotatable bonds is 5. The molecule has 0 spiro atoms. The van der Waals surface area contributed by atoms with Crippen LogP contribution in [0, 0.1) is 6.92 Å². The van der Waals surface area contributed by atoms with Gasteiger partial charge >= 0.3 is 0 Å². The van der Waals surface area contributed by atoms with Crippen molar-refractivity contribution in [2.24, 2.45) is 0 Å². The molecule has 2 aromatic heterocycles. The zero-order chi connectivity index (χ0) is 22.4. The van der Waals surface area contributed by atoms with Crippen molar-refractivity contribution < 1.29 is 14.0 Å². The summed E-state index contributed by atoms with van der Waals surface area (Å²) in [4.78, 5) is 22.9. The standard InChI is InChI=1S/C24H22N4O4S/c1-14-6-8-15(9-7-14)22-26-21(32-27-22)12-33-24-25-18-11-20-19(30-13-31-20)10-17(18)23(29)28(24)16-4-2-3-5-16/h6-11,16H,2-5,12-13H2,1H3. The fourth-order valence-corrected chi connectivity index (χ4v) is 5.32. The molecule has 6 rings (SSSR count). The molecule has 9 heteroatoms. The smallest absolute Gasteiger partial charge is 0.262 e.